The van der Waals surface area contributed by atoms with Gasteiger partial charge in [-0.2, -0.15) is 5.10 Å². The van der Waals surface area contributed by atoms with Crippen LogP contribution in [-0.2, 0) is 35.6 Å². The number of anilines is 1. The lowest BCUT2D eigenvalue weighted by Crippen LogP contribution is -2.48. The number of benzene rings is 2. The molecule has 38 heavy (non-hydrogen) atoms. The van der Waals surface area contributed by atoms with E-state index in [0.29, 0.717) is 26.2 Å². The number of nitrogens with zero attached hydrogens (tertiary/aromatic N) is 5. The van der Waals surface area contributed by atoms with Crippen LogP contribution >= 0.6 is 0 Å². The zero-order chi connectivity index (χ0) is 27.2. The number of nitrogens with one attached hydrogen (secondary N) is 2. The Morgan fingerprint density at radius 3 is 2.37 bits per heavy atom. The molecule has 0 radical (unpaired) electrons. The molecule has 0 aliphatic carbocycles. The number of hydrazine groups is 1. The molecule has 1 aromatic heterocycles. The molecule has 9 nitrogen and oxygen atoms in total. The maximum atomic E-state index is 13.6. The largest absolute Gasteiger partial charge is 0.353 e. The van der Waals surface area contributed by atoms with E-state index in [0.717, 1.165) is 41.7 Å². The normalized spacial score (nSPS) is 13.1. The summed E-state index contributed by atoms with van der Waals surface area (Å²) >= 11 is 0. The van der Waals surface area contributed by atoms with E-state index in [1.165, 1.54) is 16.8 Å². The van der Waals surface area contributed by atoms with Crippen LogP contribution in [0.3, 0.4) is 0 Å². The number of rotatable bonds is 12. The Morgan fingerprint density at radius 1 is 1.03 bits per heavy atom. The molecule has 2 heterocycles. The van der Waals surface area contributed by atoms with Crippen LogP contribution in [0.25, 0.3) is 10.9 Å². The molecule has 1 aliphatic rings. The van der Waals surface area contributed by atoms with Gasteiger partial charge in [-0.3, -0.25) is 19.3 Å². The molecule has 1 aliphatic heterocycles. The highest BCUT2D eigenvalue weighted by atomic mass is 16.2. The van der Waals surface area contributed by atoms with Crippen LogP contribution in [0.1, 0.15) is 43.2 Å². The standard InChI is InChI=1S/C29H41N7O2/c1-6-26-24-15-21(4)27(16-25(24)32-36(26)8-3)34(19-28(37)31-14-13-30-7-2)20-29(38)33(5)35-17-22-11-9-10-12-23(22)18-35/h9-12,15-16,30H,6-8,13-14,17-20H2,1-5H3,(H,31,37). The minimum Gasteiger partial charge on any atom is -0.353 e. The van der Waals surface area contributed by atoms with Crippen molar-refractivity contribution in [3.05, 3.63) is 58.8 Å². The molecule has 3 aromatic rings. The fourth-order valence-electron chi connectivity index (χ4n) is 5.18. The molecular formula is C29H41N7O2. The van der Waals surface area contributed by atoms with Gasteiger partial charge < -0.3 is 15.5 Å². The van der Waals surface area contributed by atoms with Crippen LogP contribution in [0.4, 0.5) is 5.69 Å². The molecule has 2 amide bonds. The molecular weight excluding hydrogens is 478 g/mol. The van der Waals surface area contributed by atoms with E-state index in [9.17, 15) is 9.59 Å². The summed E-state index contributed by atoms with van der Waals surface area (Å²) in [5.41, 5.74) is 6.45. The number of carbonyl (C=O) groups is 2. The number of fused-ring (bicyclic) bond motifs is 2. The lowest BCUT2D eigenvalue weighted by atomic mass is 10.1. The predicted octanol–water partition coefficient (Wildman–Crippen LogP) is 2.85. The van der Waals surface area contributed by atoms with Gasteiger partial charge in [0.25, 0.3) is 5.91 Å². The molecule has 0 atom stereocenters. The van der Waals surface area contributed by atoms with Crippen molar-refractivity contribution in [3.8, 4) is 0 Å². The highest BCUT2D eigenvalue weighted by Gasteiger charge is 2.27. The van der Waals surface area contributed by atoms with Gasteiger partial charge in [0.2, 0.25) is 5.91 Å². The van der Waals surface area contributed by atoms with Crippen molar-refractivity contribution in [3.63, 3.8) is 0 Å². The van der Waals surface area contributed by atoms with Crippen molar-refractivity contribution in [2.75, 3.05) is 44.7 Å². The molecule has 0 unspecified atom stereocenters. The van der Waals surface area contributed by atoms with E-state index in [1.807, 2.05) is 53.7 Å². The number of hydrogen-bond acceptors (Lipinski definition) is 6. The van der Waals surface area contributed by atoms with Crippen molar-refractivity contribution in [2.24, 2.45) is 0 Å². The zero-order valence-corrected chi connectivity index (χ0v) is 23.4. The van der Waals surface area contributed by atoms with Crippen molar-refractivity contribution in [1.29, 1.82) is 0 Å². The molecule has 0 spiro atoms. The number of aromatic nitrogens is 2. The lowest BCUT2D eigenvalue weighted by Gasteiger charge is -2.32. The quantitative estimate of drug-likeness (QED) is 0.358. The van der Waals surface area contributed by atoms with Gasteiger partial charge in [0.05, 0.1) is 18.6 Å². The average molecular weight is 520 g/mol. The van der Waals surface area contributed by atoms with Crippen molar-refractivity contribution in [2.45, 2.75) is 53.8 Å². The second-order valence-electron chi connectivity index (χ2n) is 9.84. The molecule has 2 N–H and O–H groups in total. The smallest absolute Gasteiger partial charge is 0.256 e. The summed E-state index contributed by atoms with van der Waals surface area (Å²) in [5, 5.41) is 15.9. The van der Waals surface area contributed by atoms with E-state index in [-0.39, 0.29) is 24.9 Å². The third-order valence-electron chi connectivity index (χ3n) is 7.28. The SMILES string of the molecule is CCNCCNC(=O)CN(CC(=O)N(C)N1Cc2ccccc2C1)c1cc2nn(CC)c(CC)c2cc1C. The first-order valence-corrected chi connectivity index (χ1v) is 13.7. The Bertz CT molecular complexity index is 1260. The molecule has 9 heteroatoms. The van der Waals surface area contributed by atoms with E-state index >= 15 is 0 Å². The summed E-state index contributed by atoms with van der Waals surface area (Å²) in [5.74, 6) is -0.175. The number of aryl methyl sites for hydroxylation is 3. The van der Waals surface area contributed by atoms with Crippen LogP contribution in [0.5, 0.6) is 0 Å². The Morgan fingerprint density at radius 2 is 1.74 bits per heavy atom. The summed E-state index contributed by atoms with van der Waals surface area (Å²) in [6.07, 6.45) is 0.891. The molecule has 0 fully saturated rings. The van der Waals surface area contributed by atoms with Crippen molar-refractivity contribution in [1.82, 2.24) is 30.4 Å². The first-order chi connectivity index (χ1) is 18.4. The number of amides is 2. The third-order valence-corrected chi connectivity index (χ3v) is 7.28. The third kappa shape index (κ3) is 6.00. The number of hydrogen-bond donors (Lipinski definition) is 2. The summed E-state index contributed by atoms with van der Waals surface area (Å²) in [6.45, 7) is 12.8. The maximum absolute atomic E-state index is 13.6. The van der Waals surface area contributed by atoms with Gasteiger partial charge in [0, 0.05) is 56.5 Å². The highest BCUT2D eigenvalue weighted by Crippen LogP contribution is 2.29. The minimum atomic E-state index is -0.111. The first-order valence-electron chi connectivity index (χ1n) is 13.7. The summed E-state index contributed by atoms with van der Waals surface area (Å²) in [4.78, 5) is 28.4. The number of carbonyl (C=O) groups excluding carboxylic acids is 2. The summed E-state index contributed by atoms with van der Waals surface area (Å²) in [6, 6.07) is 12.4. The second-order valence-corrected chi connectivity index (χ2v) is 9.84. The fourth-order valence-corrected chi connectivity index (χ4v) is 5.18. The van der Waals surface area contributed by atoms with Crippen molar-refractivity contribution < 1.29 is 9.59 Å². The van der Waals surface area contributed by atoms with Gasteiger partial charge >= 0.3 is 0 Å². The van der Waals surface area contributed by atoms with Gasteiger partial charge in [-0.15, -0.1) is 0 Å². The monoisotopic (exact) mass is 519 g/mol. The minimum absolute atomic E-state index is 0.0638. The molecule has 4 rings (SSSR count). The topological polar surface area (TPSA) is 85.7 Å². The average Bonchev–Trinajstić information content (AvgIpc) is 3.50. The fraction of sp³-hybridized carbons (Fsp3) is 0.483. The van der Waals surface area contributed by atoms with Crippen LogP contribution in [0.2, 0.25) is 0 Å². The first kappa shape index (κ1) is 27.6. The zero-order valence-electron chi connectivity index (χ0n) is 23.4. The van der Waals surface area contributed by atoms with E-state index in [2.05, 4.69) is 42.7 Å². The summed E-state index contributed by atoms with van der Waals surface area (Å²) < 4.78 is 2.04. The predicted molar refractivity (Wildman–Crippen MR) is 152 cm³/mol. The van der Waals surface area contributed by atoms with Crippen LogP contribution < -0.4 is 15.5 Å². The molecule has 2 aromatic carbocycles. The Labute approximate surface area is 225 Å². The molecule has 0 bridgehead atoms. The maximum Gasteiger partial charge on any atom is 0.256 e. The van der Waals surface area contributed by atoms with Crippen LogP contribution in [0.15, 0.2) is 36.4 Å². The number of likely N-dealkylation sites (N-methyl/N-ethyl adjacent to an activating group) is 2. The van der Waals surface area contributed by atoms with E-state index in [4.69, 9.17) is 5.10 Å². The van der Waals surface area contributed by atoms with Gasteiger partial charge in [-0.1, -0.05) is 38.1 Å². The molecule has 0 saturated carbocycles. The highest BCUT2D eigenvalue weighted by molar-refractivity contribution is 5.91. The Hall–Kier alpha value is -3.43. The molecule has 204 valence electrons. The Balaban J connectivity index is 1.57. The Kier molecular flexibility index (Phi) is 9.01. The van der Waals surface area contributed by atoms with Crippen LogP contribution in [0, 0.1) is 6.92 Å². The van der Waals surface area contributed by atoms with Gasteiger partial charge in [-0.25, -0.2) is 5.01 Å². The molecule has 0 saturated heterocycles. The van der Waals surface area contributed by atoms with Gasteiger partial charge in [-0.05, 0) is 55.6 Å². The van der Waals surface area contributed by atoms with Gasteiger partial charge in [0.15, 0.2) is 0 Å². The van der Waals surface area contributed by atoms with Gasteiger partial charge in [0.1, 0.15) is 0 Å². The van der Waals surface area contributed by atoms with E-state index < -0.39 is 0 Å². The van der Waals surface area contributed by atoms with Crippen LogP contribution in [-0.4, -0.2) is 71.4 Å². The van der Waals surface area contributed by atoms with Crippen molar-refractivity contribution >= 4 is 28.4 Å². The summed E-state index contributed by atoms with van der Waals surface area (Å²) in [7, 11) is 1.81. The second kappa shape index (κ2) is 12.4. The van der Waals surface area contributed by atoms with E-state index in [1.54, 1.807) is 5.01 Å². The lowest BCUT2D eigenvalue weighted by molar-refractivity contribution is -0.145.